The number of carbonyl (C=O) groups excluding carboxylic acids is 2. The summed E-state index contributed by atoms with van der Waals surface area (Å²) in [5.74, 6) is -3.83. The average molecular weight is 496 g/mol. The van der Waals surface area contributed by atoms with E-state index in [0.29, 0.717) is 24.2 Å². The highest BCUT2D eigenvalue weighted by atomic mass is 19.4. The number of nitrogens with one attached hydrogen (secondary N) is 1. The van der Waals surface area contributed by atoms with Gasteiger partial charge in [-0.1, -0.05) is 18.2 Å². The van der Waals surface area contributed by atoms with Crippen molar-refractivity contribution >= 4 is 17.5 Å². The number of nitrogens with zero attached hydrogens (tertiary/aromatic N) is 3. The van der Waals surface area contributed by atoms with Crippen molar-refractivity contribution in [2.45, 2.75) is 25.4 Å². The van der Waals surface area contributed by atoms with Gasteiger partial charge in [-0.25, -0.2) is 0 Å². The standard InChI is InChI=1S/C26H23F3N4O3/c1-16-21(15-31)22(18-9-7-17(14-30)8-10-18)23(24(34)32-11-4-12-36-2)25(35)33(16)20-6-3-5-19(13-20)26(27,28)29/h3,5-10,13,22-23H,4,11-12H2,1-2H3,(H,32,34). The second-order valence-corrected chi connectivity index (χ2v) is 8.16. The molecule has 2 amide bonds. The fraction of sp³-hybridized carbons (Fsp3) is 0.308. The topological polar surface area (TPSA) is 106 Å². The highest BCUT2D eigenvalue weighted by molar-refractivity contribution is 6.12. The number of halogens is 3. The Balaban J connectivity index is 2.15. The zero-order chi connectivity index (χ0) is 26.5. The van der Waals surface area contributed by atoms with Crippen LogP contribution < -0.4 is 10.2 Å². The van der Waals surface area contributed by atoms with E-state index in [1.165, 1.54) is 32.2 Å². The van der Waals surface area contributed by atoms with E-state index in [4.69, 9.17) is 10.00 Å². The fourth-order valence-electron chi connectivity index (χ4n) is 4.18. The molecule has 2 unspecified atom stereocenters. The predicted molar refractivity (Wildman–Crippen MR) is 124 cm³/mol. The Morgan fingerprint density at radius 2 is 1.83 bits per heavy atom. The number of ether oxygens (including phenoxy) is 1. The molecule has 7 nitrogen and oxygen atoms in total. The number of anilines is 1. The molecular weight excluding hydrogens is 473 g/mol. The Kier molecular flexibility index (Phi) is 8.13. The first-order valence-corrected chi connectivity index (χ1v) is 11.0. The SMILES string of the molecule is COCCCNC(=O)C1C(=O)N(c2cccc(C(F)(F)F)c2)C(C)=C(C#N)C1c1ccc(C#N)cc1. The first-order valence-electron chi connectivity index (χ1n) is 11.0. The van der Waals surface area contributed by atoms with Crippen LogP contribution in [0.5, 0.6) is 0 Å². The minimum Gasteiger partial charge on any atom is -0.385 e. The number of hydrogen-bond donors (Lipinski definition) is 1. The minimum absolute atomic E-state index is 0.0637. The van der Waals surface area contributed by atoms with Crippen molar-refractivity contribution < 1.29 is 27.5 Å². The number of benzene rings is 2. The van der Waals surface area contributed by atoms with E-state index in [1.807, 2.05) is 6.07 Å². The van der Waals surface area contributed by atoms with Gasteiger partial charge < -0.3 is 10.1 Å². The molecule has 2 aromatic carbocycles. The van der Waals surface area contributed by atoms with Crippen LogP contribution in [0.2, 0.25) is 0 Å². The summed E-state index contributed by atoms with van der Waals surface area (Å²) in [6.07, 6.45) is -4.17. The van der Waals surface area contributed by atoms with Crippen molar-refractivity contribution in [3.63, 3.8) is 0 Å². The van der Waals surface area contributed by atoms with E-state index >= 15 is 0 Å². The van der Waals surface area contributed by atoms with Crippen LogP contribution >= 0.6 is 0 Å². The van der Waals surface area contributed by atoms with Crippen LogP contribution in [0.4, 0.5) is 18.9 Å². The second-order valence-electron chi connectivity index (χ2n) is 8.16. The van der Waals surface area contributed by atoms with Crippen LogP contribution in [0, 0.1) is 28.6 Å². The van der Waals surface area contributed by atoms with Gasteiger partial charge in [0.05, 0.1) is 28.8 Å². The van der Waals surface area contributed by atoms with Gasteiger partial charge in [0.15, 0.2) is 0 Å². The first kappa shape index (κ1) is 26.5. The summed E-state index contributed by atoms with van der Waals surface area (Å²) in [6.45, 7) is 2.03. The third-order valence-corrected chi connectivity index (χ3v) is 5.91. The molecule has 1 heterocycles. The molecule has 2 atom stereocenters. The van der Waals surface area contributed by atoms with Crippen molar-refractivity contribution in [1.82, 2.24) is 5.32 Å². The summed E-state index contributed by atoms with van der Waals surface area (Å²) in [6, 6.07) is 14.4. The summed E-state index contributed by atoms with van der Waals surface area (Å²) in [7, 11) is 1.51. The van der Waals surface area contributed by atoms with Crippen molar-refractivity contribution in [2.75, 3.05) is 25.2 Å². The second kappa shape index (κ2) is 11.1. The number of carbonyl (C=O) groups is 2. The molecule has 0 spiro atoms. The summed E-state index contributed by atoms with van der Waals surface area (Å²) in [5, 5.41) is 21.8. The molecule has 186 valence electrons. The zero-order valence-electron chi connectivity index (χ0n) is 19.6. The van der Waals surface area contributed by atoms with Gasteiger partial charge in [-0.3, -0.25) is 14.5 Å². The fourth-order valence-corrected chi connectivity index (χ4v) is 4.18. The van der Waals surface area contributed by atoms with Gasteiger partial charge in [0.25, 0.3) is 0 Å². The number of methoxy groups -OCH3 is 1. The lowest BCUT2D eigenvalue weighted by Gasteiger charge is -2.38. The maximum absolute atomic E-state index is 13.8. The largest absolute Gasteiger partial charge is 0.416 e. The van der Waals surface area contributed by atoms with Gasteiger partial charge >= 0.3 is 6.18 Å². The van der Waals surface area contributed by atoms with Gasteiger partial charge in [0, 0.05) is 37.6 Å². The van der Waals surface area contributed by atoms with Crippen LogP contribution in [0.15, 0.2) is 59.8 Å². The Hall–Kier alpha value is -4.15. The zero-order valence-corrected chi connectivity index (χ0v) is 19.6. The molecule has 0 saturated heterocycles. The molecule has 1 aliphatic rings. The van der Waals surface area contributed by atoms with Gasteiger partial charge in [0.2, 0.25) is 11.8 Å². The molecule has 1 N–H and O–H groups in total. The maximum atomic E-state index is 13.8. The number of rotatable bonds is 7. The summed E-state index contributed by atoms with van der Waals surface area (Å²) < 4.78 is 45.0. The van der Waals surface area contributed by atoms with Gasteiger partial charge in [-0.15, -0.1) is 0 Å². The van der Waals surface area contributed by atoms with Crippen LogP contribution in [-0.4, -0.2) is 32.1 Å². The number of amides is 2. The Labute approximate surface area is 206 Å². The van der Waals surface area contributed by atoms with Crippen LogP contribution in [-0.2, 0) is 20.5 Å². The highest BCUT2D eigenvalue weighted by Crippen LogP contribution is 2.43. The predicted octanol–water partition coefficient (Wildman–Crippen LogP) is 4.27. The molecule has 0 radical (unpaired) electrons. The lowest BCUT2D eigenvalue weighted by atomic mass is 9.75. The quantitative estimate of drug-likeness (QED) is 0.455. The molecule has 0 aliphatic carbocycles. The molecule has 3 rings (SSSR count). The Bertz CT molecular complexity index is 1260. The normalized spacial score (nSPS) is 18.0. The third-order valence-electron chi connectivity index (χ3n) is 5.91. The van der Waals surface area contributed by atoms with Crippen molar-refractivity contribution in [2.24, 2.45) is 5.92 Å². The highest BCUT2D eigenvalue weighted by Gasteiger charge is 2.46. The molecule has 10 heteroatoms. The van der Waals surface area contributed by atoms with Crippen molar-refractivity contribution in [1.29, 1.82) is 10.5 Å². The molecule has 2 aromatic rings. The number of alkyl halides is 3. The van der Waals surface area contributed by atoms with E-state index in [1.54, 1.807) is 12.1 Å². The molecule has 0 bridgehead atoms. The lowest BCUT2D eigenvalue weighted by Crippen LogP contribution is -2.50. The van der Waals surface area contributed by atoms with Crippen LogP contribution in [0.25, 0.3) is 0 Å². The Morgan fingerprint density at radius 3 is 2.42 bits per heavy atom. The number of nitriles is 2. The summed E-state index contributed by atoms with van der Waals surface area (Å²) in [4.78, 5) is 28.0. The van der Waals surface area contributed by atoms with E-state index in [2.05, 4.69) is 11.4 Å². The van der Waals surface area contributed by atoms with E-state index in [0.717, 1.165) is 23.1 Å². The smallest absolute Gasteiger partial charge is 0.385 e. The molecule has 36 heavy (non-hydrogen) atoms. The minimum atomic E-state index is -4.65. The molecule has 0 saturated carbocycles. The third kappa shape index (κ3) is 5.40. The number of hydrogen-bond acceptors (Lipinski definition) is 5. The summed E-state index contributed by atoms with van der Waals surface area (Å²) in [5.41, 5.74) is -0.0666. The monoisotopic (exact) mass is 496 g/mol. The van der Waals surface area contributed by atoms with Gasteiger partial charge in [-0.05, 0) is 49.2 Å². The average Bonchev–Trinajstić information content (AvgIpc) is 2.86. The molecular formula is C26H23F3N4O3. The van der Waals surface area contributed by atoms with Crippen molar-refractivity contribution in [3.8, 4) is 12.1 Å². The van der Waals surface area contributed by atoms with Gasteiger partial charge in [-0.2, -0.15) is 23.7 Å². The van der Waals surface area contributed by atoms with E-state index in [9.17, 15) is 28.0 Å². The van der Waals surface area contributed by atoms with E-state index in [-0.39, 0.29) is 23.5 Å². The Morgan fingerprint density at radius 1 is 1.14 bits per heavy atom. The van der Waals surface area contributed by atoms with E-state index < -0.39 is 35.4 Å². The van der Waals surface area contributed by atoms with Crippen molar-refractivity contribution in [3.05, 3.63) is 76.5 Å². The number of allylic oxidation sites excluding steroid dienone is 2. The van der Waals surface area contributed by atoms with Crippen LogP contribution in [0.3, 0.4) is 0 Å². The van der Waals surface area contributed by atoms with Crippen LogP contribution in [0.1, 0.15) is 36.0 Å². The van der Waals surface area contributed by atoms with Gasteiger partial charge in [0.1, 0.15) is 5.92 Å². The molecule has 0 aromatic heterocycles. The molecule has 1 aliphatic heterocycles. The molecule has 0 fully saturated rings. The first-order chi connectivity index (χ1) is 17.1. The lowest BCUT2D eigenvalue weighted by molar-refractivity contribution is -0.138. The summed E-state index contributed by atoms with van der Waals surface area (Å²) >= 11 is 0. The maximum Gasteiger partial charge on any atom is 0.416 e.